The summed E-state index contributed by atoms with van der Waals surface area (Å²) in [5.41, 5.74) is 1.66. The smallest absolute Gasteiger partial charge is 0.386 e. The van der Waals surface area contributed by atoms with Crippen LogP contribution in [0.25, 0.3) is 0 Å². The van der Waals surface area contributed by atoms with Crippen molar-refractivity contribution in [2.24, 2.45) is 5.92 Å². The largest absolute Gasteiger partial charge is 0.491 e. The third kappa shape index (κ3) is 5.53. The van der Waals surface area contributed by atoms with Gasteiger partial charge >= 0.3 is 18.1 Å². The van der Waals surface area contributed by atoms with E-state index in [9.17, 15) is 32.9 Å². The lowest BCUT2D eigenvalue weighted by molar-refractivity contribution is -0.384. The molecule has 0 saturated carbocycles. The Kier molecular flexibility index (Phi) is 7.35. The van der Waals surface area contributed by atoms with Gasteiger partial charge in [0.05, 0.1) is 23.0 Å². The van der Waals surface area contributed by atoms with Gasteiger partial charge in [0.2, 0.25) is 0 Å². The fraction of sp³-hybridized carbons (Fsp3) is 0.417. The van der Waals surface area contributed by atoms with Gasteiger partial charge in [0.15, 0.2) is 0 Å². The number of carbonyl (C=O) groups is 2. The average molecular weight is 527 g/mol. The van der Waals surface area contributed by atoms with Gasteiger partial charge in [-0.3, -0.25) is 14.9 Å². The minimum atomic E-state index is -5.34. The molecule has 0 N–H and O–H groups in total. The molecule has 192 valence electrons. The third-order valence-electron chi connectivity index (χ3n) is 6.62. The summed E-state index contributed by atoms with van der Waals surface area (Å²) in [5, 5.41) is 11.3. The number of likely N-dealkylation sites (tertiary alicyclic amines) is 1. The lowest BCUT2D eigenvalue weighted by Crippen LogP contribution is -2.46. The molecule has 2 aliphatic rings. The molecule has 8 nitrogen and oxygen atoms in total. The second kappa shape index (κ2) is 10.2. The highest BCUT2D eigenvalue weighted by Gasteiger charge is 2.45. The molecule has 1 saturated heterocycles. The zero-order valence-corrected chi connectivity index (χ0v) is 19.7. The maximum absolute atomic E-state index is 12.7. The predicted octanol–water partition coefficient (Wildman–Crippen LogP) is 4.56. The van der Waals surface area contributed by atoms with Crippen molar-refractivity contribution in [1.82, 2.24) is 4.90 Å². The highest BCUT2D eigenvalue weighted by molar-refractivity contribution is 6.31. The zero-order valence-electron chi connectivity index (χ0n) is 18.9. The number of esters is 2. The standard InChI is InChI=1S/C24H22ClF3N2O6/c25-20-6-5-18(30(33)34)12-16(20)11-17(21(31)36-22(32)24(26,27)28)13-29-9-7-23(8-10-29)19-4-2-1-3-15(19)14-35-23/h1-6,12,17H,7-11,13-14H2. The van der Waals surface area contributed by atoms with Crippen LogP contribution in [0.5, 0.6) is 0 Å². The number of nitro benzene ring substituents is 1. The summed E-state index contributed by atoms with van der Waals surface area (Å²) in [6, 6.07) is 11.5. The molecule has 12 heteroatoms. The van der Waals surface area contributed by atoms with Gasteiger partial charge in [0, 0.05) is 36.8 Å². The fourth-order valence-electron chi connectivity index (χ4n) is 4.76. The van der Waals surface area contributed by atoms with Crippen LogP contribution in [0.2, 0.25) is 5.02 Å². The van der Waals surface area contributed by atoms with E-state index in [0.29, 0.717) is 32.5 Å². The van der Waals surface area contributed by atoms with E-state index in [1.54, 1.807) is 0 Å². The molecule has 2 aromatic rings. The Morgan fingerprint density at radius 3 is 2.56 bits per heavy atom. The molecule has 1 atom stereocenters. The topological polar surface area (TPSA) is 99.0 Å². The van der Waals surface area contributed by atoms with Crippen LogP contribution in [0, 0.1) is 16.0 Å². The van der Waals surface area contributed by atoms with Crippen LogP contribution in [0.15, 0.2) is 42.5 Å². The molecular formula is C24H22ClF3N2O6. The van der Waals surface area contributed by atoms with Crippen LogP contribution in [-0.4, -0.2) is 47.6 Å². The van der Waals surface area contributed by atoms with Crippen LogP contribution in [0.4, 0.5) is 18.9 Å². The van der Waals surface area contributed by atoms with E-state index < -0.39 is 34.6 Å². The van der Waals surface area contributed by atoms with Crippen molar-refractivity contribution in [2.75, 3.05) is 19.6 Å². The molecule has 2 aliphatic heterocycles. The average Bonchev–Trinajstić information content (AvgIpc) is 3.18. The van der Waals surface area contributed by atoms with Crippen molar-refractivity contribution in [1.29, 1.82) is 0 Å². The van der Waals surface area contributed by atoms with Gasteiger partial charge in [-0.25, -0.2) is 4.79 Å². The zero-order chi connectivity index (χ0) is 26.1. The quantitative estimate of drug-likeness (QED) is 0.235. The molecule has 1 spiro atoms. The Morgan fingerprint density at radius 1 is 1.19 bits per heavy atom. The first kappa shape index (κ1) is 26.1. The maximum Gasteiger partial charge on any atom is 0.491 e. The normalized spacial score (nSPS) is 18.0. The number of piperidine rings is 1. The summed E-state index contributed by atoms with van der Waals surface area (Å²) in [5.74, 6) is -5.21. The predicted molar refractivity (Wildman–Crippen MR) is 121 cm³/mol. The number of carbonyl (C=O) groups excluding carboxylic acids is 2. The van der Waals surface area contributed by atoms with E-state index in [2.05, 4.69) is 4.74 Å². The van der Waals surface area contributed by atoms with Gasteiger partial charge in [-0.1, -0.05) is 35.9 Å². The van der Waals surface area contributed by atoms with E-state index in [-0.39, 0.29) is 29.2 Å². The van der Waals surface area contributed by atoms with Crippen molar-refractivity contribution in [2.45, 2.75) is 37.6 Å². The van der Waals surface area contributed by atoms with Crippen LogP contribution in [0.1, 0.15) is 29.5 Å². The molecule has 0 aliphatic carbocycles. The van der Waals surface area contributed by atoms with Crippen LogP contribution in [-0.2, 0) is 37.7 Å². The third-order valence-corrected chi connectivity index (χ3v) is 6.99. The molecule has 0 aromatic heterocycles. The number of ether oxygens (including phenoxy) is 2. The monoisotopic (exact) mass is 526 g/mol. The van der Waals surface area contributed by atoms with E-state index >= 15 is 0 Å². The van der Waals surface area contributed by atoms with Crippen molar-refractivity contribution in [3.8, 4) is 0 Å². The molecule has 36 heavy (non-hydrogen) atoms. The van der Waals surface area contributed by atoms with Crippen molar-refractivity contribution in [3.63, 3.8) is 0 Å². The summed E-state index contributed by atoms with van der Waals surface area (Å²) >= 11 is 6.15. The highest BCUT2D eigenvalue weighted by Crippen LogP contribution is 2.44. The summed E-state index contributed by atoms with van der Waals surface area (Å²) in [6.45, 7) is 1.43. The SMILES string of the molecule is O=C(OC(=O)C(F)(F)F)C(Cc1cc([N+](=O)[O-])ccc1Cl)CN1CCC2(CC1)OCc1ccccc12. The van der Waals surface area contributed by atoms with Crippen LogP contribution in [0.3, 0.4) is 0 Å². The second-order valence-electron chi connectivity index (χ2n) is 8.88. The van der Waals surface area contributed by atoms with Gasteiger partial charge in [0.1, 0.15) is 0 Å². The lowest BCUT2D eigenvalue weighted by Gasteiger charge is -2.40. The Hall–Kier alpha value is -3.02. The molecule has 4 rings (SSSR count). The van der Waals surface area contributed by atoms with Gasteiger partial charge in [0.25, 0.3) is 5.69 Å². The number of nitrogens with zero attached hydrogens (tertiary/aromatic N) is 2. The van der Waals surface area contributed by atoms with E-state index in [1.165, 1.54) is 12.1 Å². The maximum atomic E-state index is 12.7. The molecule has 0 bridgehead atoms. The number of alkyl halides is 3. The van der Waals surface area contributed by atoms with Crippen molar-refractivity contribution in [3.05, 3.63) is 74.3 Å². The molecular weight excluding hydrogens is 505 g/mol. The number of hydrogen-bond donors (Lipinski definition) is 0. The van der Waals surface area contributed by atoms with Crippen LogP contribution < -0.4 is 0 Å². The van der Waals surface area contributed by atoms with Gasteiger partial charge in [-0.2, -0.15) is 13.2 Å². The van der Waals surface area contributed by atoms with E-state index in [1.807, 2.05) is 29.2 Å². The molecule has 1 unspecified atom stereocenters. The number of halogens is 4. The number of rotatable bonds is 6. The molecule has 1 fully saturated rings. The minimum absolute atomic E-state index is 0.0271. The molecule has 2 heterocycles. The Labute approximate surface area is 209 Å². The number of benzene rings is 2. The molecule has 0 radical (unpaired) electrons. The van der Waals surface area contributed by atoms with Gasteiger partial charge in [-0.05, 0) is 42.0 Å². The summed E-state index contributed by atoms with van der Waals surface area (Å²) in [7, 11) is 0. The lowest BCUT2D eigenvalue weighted by atomic mass is 9.83. The van der Waals surface area contributed by atoms with Gasteiger partial charge < -0.3 is 14.4 Å². The number of hydrogen-bond acceptors (Lipinski definition) is 7. The van der Waals surface area contributed by atoms with E-state index in [4.69, 9.17) is 16.3 Å². The van der Waals surface area contributed by atoms with E-state index in [0.717, 1.165) is 17.2 Å². The first-order valence-corrected chi connectivity index (χ1v) is 11.6. The summed E-state index contributed by atoms with van der Waals surface area (Å²) in [4.78, 5) is 36.3. The number of nitro groups is 1. The summed E-state index contributed by atoms with van der Waals surface area (Å²) < 4.78 is 48.4. The van der Waals surface area contributed by atoms with Crippen molar-refractivity contribution >= 4 is 29.2 Å². The number of fused-ring (bicyclic) bond motifs is 2. The number of non-ortho nitro benzene ring substituents is 1. The van der Waals surface area contributed by atoms with Gasteiger partial charge in [-0.15, -0.1) is 0 Å². The molecule has 0 amide bonds. The second-order valence-corrected chi connectivity index (χ2v) is 9.29. The highest BCUT2D eigenvalue weighted by atomic mass is 35.5. The Morgan fingerprint density at radius 2 is 1.89 bits per heavy atom. The van der Waals surface area contributed by atoms with Crippen molar-refractivity contribution < 1.29 is 37.2 Å². The fourth-order valence-corrected chi connectivity index (χ4v) is 4.95. The first-order valence-electron chi connectivity index (χ1n) is 11.2. The Balaban J connectivity index is 1.51. The minimum Gasteiger partial charge on any atom is -0.386 e. The molecule has 2 aromatic carbocycles. The Bertz CT molecular complexity index is 1180. The van der Waals surface area contributed by atoms with Crippen LogP contribution >= 0.6 is 11.6 Å². The first-order chi connectivity index (χ1) is 17.0. The summed E-state index contributed by atoms with van der Waals surface area (Å²) in [6.07, 6.45) is -4.38.